The topological polar surface area (TPSA) is 43.4 Å². The highest BCUT2D eigenvalue weighted by atomic mass is 16.5. The van der Waals surface area contributed by atoms with Crippen LogP contribution in [0, 0.1) is 0 Å². The minimum atomic E-state index is 0.0426. The second-order valence-electron chi connectivity index (χ2n) is 11.2. The van der Waals surface area contributed by atoms with E-state index in [0.29, 0.717) is 0 Å². The maximum atomic E-state index is 6.29. The summed E-state index contributed by atoms with van der Waals surface area (Å²) in [6, 6.07) is 20.1. The van der Waals surface area contributed by atoms with Crippen molar-refractivity contribution in [3.05, 3.63) is 96.4 Å². The summed E-state index contributed by atoms with van der Waals surface area (Å²) in [7, 11) is 3.35. The highest BCUT2D eigenvalue weighted by Crippen LogP contribution is 2.46. The fraction of sp³-hybridized carbons (Fsp3) is 0.333. The largest absolute Gasteiger partial charge is 0.497 e. The van der Waals surface area contributed by atoms with Crippen molar-refractivity contribution in [3.63, 3.8) is 0 Å². The van der Waals surface area contributed by atoms with Gasteiger partial charge in [0.25, 0.3) is 0 Å². The molecule has 0 radical (unpaired) electrons. The molecule has 0 aliphatic carbocycles. The number of allylic oxidation sites excluding steroid dienone is 3. The quantitative estimate of drug-likeness (QED) is 0.243. The second kappa shape index (κ2) is 13.1. The van der Waals surface area contributed by atoms with Crippen LogP contribution in [0.15, 0.2) is 90.8 Å². The lowest BCUT2D eigenvalue weighted by molar-refractivity contribution is 0.240. The van der Waals surface area contributed by atoms with Crippen LogP contribution in [0.3, 0.4) is 0 Å². The molecule has 0 unspecified atom stereocenters. The predicted molar refractivity (Wildman–Crippen MR) is 174 cm³/mol. The van der Waals surface area contributed by atoms with Crippen molar-refractivity contribution in [1.82, 2.24) is 0 Å². The van der Waals surface area contributed by atoms with Gasteiger partial charge in [-0.25, -0.2) is 0 Å². The Morgan fingerprint density at radius 1 is 0.738 bits per heavy atom. The van der Waals surface area contributed by atoms with E-state index < -0.39 is 0 Å². The van der Waals surface area contributed by atoms with Crippen LogP contribution in [0.5, 0.6) is 28.7 Å². The van der Waals surface area contributed by atoms with Gasteiger partial charge in [-0.05, 0) is 96.5 Å². The van der Waals surface area contributed by atoms with Gasteiger partial charge in [0.15, 0.2) is 0 Å². The molecule has 1 heterocycles. The standard InChI is InChI=1S/C36H44N2O4/c1-23(2)37-27(8)31(19-17-26(7)36-34(40-10)15-12-16-35(36)41-25(5)6)38(24(3)4)33-22-30(18-20-32(33)37)42-29-14-11-13-28(21-29)39-9/h11-25H,8H2,1-7,9-10H3/b26-17+,31-19+. The number of fused-ring (bicyclic) bond motifs is 1. The van der Waals surface area contributed by atoms with Crippen LogP contribution in [0.1, 0.15) is 54.0 Å². The molecule has 0 saturated heterocycles. The van der Waals surface area contributed by atoms with E-state index in [0.717, 1.165) is 62.7 Å². The van der Waals surface area contributed by atoms with Gasteiger partial charge in [-0.2, -0.15) is 0 Å². The number of rotatable bonds is 10. The molecular formula is C36H44N2O4. The van der Waals surface area contributed by atoms with Crippen LogP contribution in [0.2, 0.25) is 0 Å². The predicted octanol–water partition coefficient (Wildman–Crippen LogP) is 9.23. The lowest BCUT2D eigenvalue weighted by Gasteiger charge is -2.45. The zero-order valence-corrected chi connectivity index (χ0v) is 26.4. The van der Waals surface area contributed by atoms with Crippen LogP contribution in [-0.2, 0) is 0 Å². The summed E-state index contributed by atoms with van der Waals surface area (Å²) in [5.74, 6) is 3.79. The number of hydrogen-bond acceptors (Lipinski definition) is 6. The highest BCUT2D eigenvalue weighted by molar-refractivity contribution is 5.84. The number of methoxy groups -OCH3 is 2. The first-order valence-electron chi connectivity index (χ1n) is 14.5. The van der Waals surface area contributed by atoms with Crippen molar-refractivity contribution < 1.29 is 18.9 Å². The third-order valence-corrected chi connectivity index (χ3v) is 7.08. The molecule has 0 amide bonds. The first-order chi connectivity index (χ1) is 20.0. The first kappa shape index (κ1) is 30.6. The van der Waals surface area contributed by atoms with Gasteiger partial charge in [0, 0.05) is 24.2 Å². The van der Waals surface area contributed by atoms with Crippen LogP contribution < -0.4 is 28.7 Å². The Bertz CT molecular complexity index is 1490. The van der Waals surface area contributed by atoms with E-state index in [9.17, 15) is 0 Å². The van der Waals surface area contributed by atoms with Crippen LogP contribution in [0.25, 0.3) is 5.57 Å². The molecule has 6 nitrogen and oxygen atoms in total. The summed E-state index contributed by atoms with van der Waals surface area (Å²) in [5, 5.41) is 0. The van der Waals surface area contributed by atoms with Gasteiger partial charge < -0.3 is 28.7 Å². The third kappa shape index (κ3) is 6.43. The minimum Gasteiger partial charge on any atom is -0.497 e. The Hall–Kier alpha value is -4.32. The number of hydrogen-bond donors (Lipinski definition) is 0. The van der Waals surface area contributed by atoms with Crippen molar-refractivity contribution in [1.29, 1.82) is 0 Å². The Labute approximate surface area is 251 Å². The second-order valence-corrected chi connectivity index (χ2v) is 11.2. The number of ether oxygens (including phenoxy) is 4. The number of nitrogens with zero attached hydrogens (tertiary/aromatic N) is 2. The van der Waals surface area contributed by atoms with Gasteiger partial charge in [0.2, 0.25) is 0 Å². The molecule has 1 aliphatic rings. The first-order valence-corrected chi connectivity index (χ1v) is 14.5. The molecule has 0 spiro atoms. The highest BCUT2D eigenvalue weighted by Gasteiger charge is 2.33. The van der Waals surface area contributed by atoms with Crippen LogP contribution in [-0.4, -0.2) is 32.4 Å². The van der Waals surface area contributed by atoms with E-state index in [1.165, 1.54) is 0 Å². The Balaban J connectivity index is 1.82. The molecule has 42 heavy (non-hydrogen) atoms. The molecule has 1 aliphatic heterocycles. The normalized spacial score (nSPS) is 14.6. The van der Waals surface area contributed by atoms with E-state index in [1.807, 2.05) is 62.4 Å². The fourth-order valence-electron chi connectivity index (χ4n) is 5.33. The van der Waals surface area contributed by atoms with Gasteiger partial charge in [-0.1, -0.05) is 24.8 Å². The maximum Gasteiger partial charge on any atom is 0.131 e. The number of anilines is 2. The molecule has 0 N–H and O–H groups in total. The Kier molecular flexibility index (Phi) is 9.56. The molecule has 222 valence electrons. The number of benzene rings is 3. The van der Waals surface area contributed by atoms with Gasteiger partial charge in [-0.3, -0.25) is 0 Å². The summed E-state index contributed by atoms with van der Waals surface area (Å²) in [5.41, 5.74) is 6.09. The fourth-order valence-corrected chi connectivity index (χ4v) is 5.33. The van der Waals surface area contributed by atoms with Crippen molar-refractivity contribution in [2.45, 2.75) is 66.7 Å². The monoisotopic (exact) mass is 568 g/mol. The van der Waals surface area contributed by atoms with Crippen molar-refractivity contribution >= 4 is 16.9 Å². The zero-order valence-electron chi connectivity index (χ0n) is 26.4. The molecule has 0 fully saturated rings. The summed E-state index contributed by atoms with van der Waals surface area (Å²) in [4.78, 5) is 4.61. The lowest BCUT2D eigenvalue weighted by Crippen LogP contribution is -2.43. The van der Waals surface area contributed by atoms with Crippen molar-refractivity contribution in [2.75, 3.05) is 24.0 Å². The van der Waals surface area contributed by atoms with E-state index in [1.54, 1.807) is 14.2 Å². The van der Waals surface area contributed by atoms with E-state index >= 15 is 0 Å². The molecule has 3 aromatic carbocycles. The van der Waals surface area contributed by atoms with Crippen molar-refractivity contribution in [2.24, 2.45) is 0 Å². The molecule has 0 bridgehead atoms. The van der Waals surface area contributed by atoms with Gasteiger partial charge in [-0.15, -0.1) is 0 Å². The summed E-state index contributed by atoms with van der Waals surface area (Å²) in [6.07, 6.45) is 4.32. The molecule has 0 saturated carbocycles. The molecule has 0 atom stereocenters. The van der Waals surface area contributed by atoms with E-state index in [-0.39, 0.29) is 18.2 Å². The molecule has 0 aromatic heterocycles. The van der Waals surface area contributed by atoms with E-state index in [2.05, 4.69) is 75.3 Å². The molecule has 3 aromatic rings. The summed E-state index contributed by atoms with van der Waals surface area (Å²) < 4.78 is 23.6. The Morgan fingerprint density at radius 3 is 2.02 bits per heavy atom. The summed E-state index contributed by atoms with van der Waals surface area (Å²) in [6.45, 7) is 19.5. The Morgan fingerprint density at radius 2 is 1.38 bits per heavy atom. The van der Waals surface area contributed by atoms with Gasteiger partial charge in [0.1, 0.15) is 28.7 Å². The zero-order chi connectivity index (χ0) is 30.6. The lowest BCUT2D eigenvalue weighted by atomic mass is 10.0. The maximum absolute atomic E-state index is 6.29. The van der Waals surface area contributed by atoms with Gasteiger partial charge in [0.05, 0.1) is 48.7 Å². The molecular weight excluding hydrogens is 524 g/mol. The van der Waals surface area contributed by atoms with Crippen LogP contribution in [0.4, 0.5) is 11.4 Å². The third-order valence-electron chi connectivity index (χ3n) is 7.08. The van der Waals surface area contributed by atoms with Crippen molar-refractivity contribution in [3.8, 4) is 28.7 Å². The van der Waals surface area contributed by atoms with Crippen LogP contribution >= 0.6 is 0 Å². The van der Waals surface area contributed by atoms with Gasteiger partial charge >= 0.3 is 0 Å². The van der Waals surface area contributed by atoms with E-state index in [4.69, 9.17) is 18.9 Å². The minimum absolute atomic E-state index is 0.0426. The molecule has 6 heteroatoms. The average Bonchev–Trinajstić information content (AvgIpc) is 2.95. The average molecular weight is 569 g/mol. The molecule has 4 rings (SSSR count). The summed E-state index contributed by atoms with van der Waals surface area (Å²) >= 11 is 0. The SMILES string of the molecule is C=C1/C(=C\C=C(/C)c2c(OC)cccc2OC(C)C)N(C(C)C)c2cc(Oc3cccc(OC)c3)ccc2N1C(C)C. The smallest absolute Gasteiger partial charge is 0.131 e.